The van der Waals surface area contributed by atoms with Gasteiger partial charge in [-0.3, -0.25) is 9.97 Å². The van der Waals surface area contributed by atoms with Crippen molar-refractivity contribution in [2.75, 3.05) is 27.2 Å². The second-order valence-corrected chi connectivity index (χ2v) is 10.1. The molecule has 1 aliphatic heterocycles. The second-order valence-electron chi connectivity index (χ2n) is 8.47. The molecule has 9 heteroatoms. The number of halogens is 2. The van der Waals surface area contributed by atoms with Crippen molar-refractivity contribution in [3.05, 3.63) is 57.9 Å². The molecule has 0 saturated carbocycles. The summed E-state index contributed by atoms with van der Waals surface area (Å²) in [4.78, 5) is 26.5. The Balaban J connectivity index is 1.50. The predicted octanol–water partition coefficient (Wildman–Crippen LogP) is 5.98. The van der Waals surface area contributed by atoms with Gasteiger partial charge in [0.2, 0.25) is 0 Å². The number of amides is 2. The summed E-state index contributed by atoms with van der Waals surface area (Å²) in [7, 11) is 3.97. The molecular formula is C24H27Cl2N5OS. The molecule has 3 heterocycles. The van der Waals surface area contributed by atoms with Gasteiger partial charge in [-0.2, -0.15) is 0 Å². The monoisotopic (exact) mass is 503 g/mol. The summed E-state index contributed by atoms with van der Waals surface area (Å²) < 4.78 is 0. The van der Waals surface area contributed by atoms with Crippen LogP contribution in [0, 0.1) is 0 Å². The van der Waals surface area contributed by atoms with Crippen LogP contribution in [0.5, 0.6) is 0 Å². The van der Waals surface area contributed by atoms with Crippen molar-refractivity contribution >= 4 is 40.6 Å². The quantitative estimate of drug-likeness (QED) is 0.465. The zero-order chi connectivity index (χ0) is 23.5. The molecule has 33 heavy (non-hydrogen) atoms. The number of benzene rings is 1. The Hall–Kier alpha value is -2.19. The van der Waals surface area contributed by atoms with E-state index in [1.165, 1.54) is 0 Å². The van der Waals surface area contributed by atoms with Gasteiger partial charge in [-0.25, -0.2) is 4.79 Å². The standard InChI is InChI=1S/C24H27Cl2N5OS/c1-15(29-24(32)31(3)18-6-8-30(2)9-7-18)19-4-5-20(23(26)22(19)25)16-10-17(12-27-11-16)21-13-28-14-33-21/h4-5,10-15,18H,6-9H2,1-3H3,(H,29,32). The van der Waals surface area contributed by atoms with Crippen LogP contribution in [0.3, 0.4) is 0 Å². The Morgan fingerprint density at radius 2 is 1.88 bits per heavy atom. The molecule has 1 unspecified atom stereocenters. The number of likely N-dealkylation sites (tertiary alicyclic amines) is 1. The van der Waals surface area contributed by atoms with E-state index in [-0.39, 0.29) is 18.1 Å². The minimum Gasteiger partial charge on any atom is -0.331 e. The molecule has 0 radical (unpaired) electrons. The van der Waals surface area contributed by atoms with Gasteiger partial charge in [-0.15, -0.1) is 11.3 Å². The van der Waals surface area contributed by atoms with Gasteiger partial charge >= 0.3 is 6.03 Å². The molecular weight excluding hydrogens is 477 g/mol. The summed E-state index contributed by atoms with van der Waals surface area (Å²) in [6.45, 7) is 3.92. The van der Waals surface area contributed by atoms with Crippen LogP contribution in [0.4, 0.5) is 4.79 Å². The number of piperidine rings is 1. The second kappa shape index (κ2) is 10.4. The van der Waals surface area contributed by atoms with Gasteiger partial charge in [-0.1, -0.05) is 35.3 Å². The molecule has 4 rings (SSSR count). The van der Waals surface area contributed by atoms with E-state index >= 15 is 0 Å². The third-order valence-corrected chi connectivity index (χ3v) is 7.96. The number of carbonyl (C=O) groups excluding carboxylic acids is 1. The average Bonchev–Trinajstić information content (AvgIpc) is 3.36. The number of urea groups is 1. The van der Waals surface area contributed by atoms with Crippen LogP contribution in [0.15, 0.2) is 42.3 Å². The normalized spacial score (nSPS) is 15.9. The maximum Gasteiger partial charge on any atom is 0.317 e. The molecule has 1 N–H and O–H groups in total. The van der Waals surface area contributed by atoms with Crippen LogP contribution in [0.2, 0.25) is 10.0 Å². The van der Waals surface area contributed by atoms with Crippen molar-refractivity contribution in [2.45, 2.75) is 31.8 Å². The van der Waals surface area contributed by atoms with Crippen LogP contribution >= 0.6 is 34.5 Å². The first kappa shape index (κ1) is 24.0. The number of rotatable bonds is 5. The van der Waals surface area contributed by atoms with Crippen LogP contribution in [-0.4, -0.2) is 59.0 Å². The Morgan fingerprint density at radius 1 is 1.15 bits per heavy atom. The van der Waals surface area contributed by atoms with Gasteiger partial charge in [-0.05, 0) is 51.5 Å². The minimum absolute atomic E-state index is 0.102. The summed E-state index contributed by atoms with van der Waals surface area (Å²) in [5, 5.41) is 3.96. The number of pyridine rings is 1. The highest BCUT2D eigenvalue weighted by Gasteiger charge is 2.26. The molecule has 2 amide bonds. The van der Waals surface area contributed by atoms with Crippen molar-refractivity contribution in [2.24, 2.45) is 0 Å². The molecule has 3 aromatic rings. The fourth-order valence-electron chi connectivity index (χ4n) is 4.11. The van der Waals surface area contributed by atoms with Gasteiger partial charge in [0.15, 0.2) is 0 Å². The van der Waals surface area contributed by atoms with E-state index in [2.05, 4.69) is 27.2 Å². The Kier molecular flexibility index (Phi) is 7.54. The van der Waals surface area contributed by atoms with Crippen LogP contribution in [-0.2, 0) is 0 Å². The van der Waals surface area contributed by atoms with E-state index in [0.29, 0.717) is 10.0 Å². The van der Waals surface area contributed by atoms with Crippen molar-refractivity contribution in [3.63, 3.8) is 0 Å². The molecule has 1 aliphatic rings. The highest BCUT2D eigenvalue weighted by atomic mass is 35.5. The molecule has 174 valence electrons. The number of hydrogen-bond acceptors (Lipinski definition) is 5. The maximum atomic E-state index is 12.9. The van der Waals surface area contributed by atoms with Gasteiger partial charge < -0.3 is 15.1 Å². The lowest BCUT2D eigenvalue weighted by molar-refractivity contribution is 0.146. The van der Waals surface area contributed by atoms with Crippen molar-refractivity contribution in [3.8, 4) is 21.6 Å². The molecule has 0 aliphatic carbocycles. The third kappa shape index (κ3) is 5.32. The maximum absolute atomic E-state index is 12.9. The van der Waals surface area contributed by atoms with Crippen LogP contribution in [0.25, 0.3) is 21.6 Å². The molecule has 1 aromatic carbocycles. The number of nitrogens with one attached hydrogen (secondary N) is 1. The molecule has 1 saturated heterocycles. The predicted molar refractivity (Wildman–Crippen MR) is 136 cm³/mol. The van der Waals surface area contributed by atoms with E-state index in [9.17, 15) is 4.79 Å². The first-order valence-corrected chi connectivity index (χ1v) is 12.5. The fourth-order valence-corrected chi connectivity index (χ4v) is 5.33. The largest absolute Gasteiger partial charge is 0.331 e. The molecule has 1 fully saturated rings. The highest BCUT2D eigenvalue weighted by molar-refractivity contribution is 7.13. The Labute approximate surface area is 208 Å². The van der Waals surface area contributed by atoms with Gasteiger partial charge in [0, 0.05) is 48.4 Å². The number of nitrogens with zero attached hydrogens (tertiary/aromatic N) is 4. The first-order chi connectivity index (χ1) is 15.8. The zero-order valence-electron chi connectivity index (χ0n) is 18.9. The molecule has 6 nitrogen and oxygen atoms in total. The summed E-state index contributed by atoms with van der Waals surface area (Å²) in [6, 6.07) is 5.73. The first-order valence-electron chi connectivity index (χ1n) is 10.9. The van der Waals surface area contributed by atoms with Crippen LogP contribution < -0.4 is 5.32 Å². The summed E-state index contributed by atoms with van der Waals surface area (Å²) in [6.07, 6.45) is 7.34. The topological polar surface area (TPSA) is 61.4 Å². The van der Waals surface area contributed by atoms with E-state index in [1.807, 2.05) is 43.3 Å². The van der Waals surface area contributed by atoms with Crippen molar-refractivity contribution in [1.82, 2.24) is 25.1 Å². The lowest BCUT2D eigenvalue weighted by Gasteiger charge is -2.35. The number of carbonyl (C=O) groups is 1. The summed E-state index contributed by atoms with van der Waals surface area (Å²) >= 11 is 14.9. The van der Waals surface area contributed by atoms with Crippen molar-refractivity contribution in [1.29, 1.82) is 0 Å². The van der Waals surface area contributed by atoms with E-state index in [0.717, 1.165) is 53.1 Å². The number of thiazole rings is 1. The van der Waals surface area contributed by atoms with Gasteiger partial charge in [0.25, 0.3) is 0 Å². The Bertz CT molecular complexity index is 1120. The lowest BCUT2D eigenvalue weighted by atomic mass is 10.0. The summed E-state index contributed by atoms with van der Waals surface area (Å²) in [5.41, 5.74) is 5.22. The van der Waals surface area contributed by atoms with Gasteiger partial charge in [0.1, 0.15) is 0 Å². The number of hydrogen-bond donors (Lipinski definition) is 1. The SMILES string of the molecule is CC(NC(=O)N(C)C1CCN(C)CC1)c1ccc(-c2cncc(-c3cncs3)c2)c(Cl)c1Cl. The fraction of sp³-hybridized carbons (Fsp3) is 0.375. The van der Waals surface area contributed by atoms with E-state index in [1.54, 1.807) is 29.2 Å². The van der Waals surface area contributed by atoms with E-state index < -0.39 is 0 Å². The van der Waals surface area contributed by atoms with Gasteiger partial charge in [0.05, 0.1) is 26.5 Å². The lowest BCUT2D eigenvalue weighted by Crippen LogP contribution is -2.48. The molecule has 0 spiro atoms. The van der Waals surface area contributed by atoms with E-state index in [4.69, 9.17) is 23.2 Å². The zero-order valence-corrected chi connectivity index (χ0v) is 21.2. The molecule has 1 atom stereocenters. The average molecular weight is 504 g/mol. The Morgan fingerprint density at radius 3 is 2.58 bits per heavy atom. The molecule has 2 aromatic heterocycles. The minimum atomic E-state index is -0.285. The van der Waals surface area contributed by atoms with Crippen LogP contribution in [0.1, 0.15) is 31.4 Å². The molecule has 0 bridgehead atoms. The third-order valence-electron chi connectivity index (χ3n) is 6.24. The highest BCUT2D eigenvalue weighted by Crippen LogP contribution is 2.39. The summed E-state index contributed by atoms with van der Waals surface area (Å²) in [5.74, 6) is 0. The smallest absolute Gasteiger partial charge is 0.317 e. The van der Waals surface area contributed by atoms with Crippen molar-refractivity contribution < 1.29 is 4.79 Å². The number of aromatic nitrogens is 2.